The zero-order valence-electron chi connectivity index (χ0n) is 21.0. The van der Waals surface area contributed by atoms with Gasteiger partial charge >= 0.3 is 6.09 Å². The average molecular weight is 484 g/mol. The van der Waals surface area contributed by atoms with Gasteiger partial charge in [-0.3, -0.25) is 0 Å². The highest BCUT2D eigenvalue weighted by Crippen LogP contribution is 2.36. The van der Waals surface area contributed by atoms with Crippen LogP contribution in [-0.2, 0) is 20.8 Å². The largest absolute Gasteiger partial charge is 0.475 e. The molecule has 0 saturated carbocycles. The number of amides is 1. The molecular weight excluding hydrogens is 446 g/mol. The van der Waals surface area contributed by atoms with Gasteiger partial charge in [0, 0.05) is 43.1 Å². The van der Waals surface area contributed by atoms with Crippen LogP contribution in [0.3, 0.4) is 0 Å². The lowest BCUT2D eigenvalue weighted by molar-refractivity contribution is 0.0209. The van der Waals surface area contributed by atoms with Gasteiger partial charge in [-0.05, 0) is 45.2 Å². The van der Waals surface area contributed by atoms with Crippen molar-refractivity contribution in [1.29, 1.82) is 0 Å². The minimum Gasteiger partial charge on any atom is -0.475 e. The quantitative estimate of drug-likeness (QED) is 0.467. The van der Waals surface area contributed by atoms with Gasteiger partial charge in [-0.15, -0.1) is 0 Å². The van der Waals surface area contributed by atoms with Crippen molar-refractivity contribution in [2.45, 2.75) is 57.9 Å². The molecule has 1 amide bonds. The molecule has 0 radical (unpaired) electrons. The normalized spacial score (nSPS) is 19.6. The maximum absolute atomic E-state index is 12.6. The van der Waals surface area contributed by atoms with Crippen molar-refractivity contribution in [1.82, 2.24) is 9.88 Å². The first-order valence-corrected chi connectivity index (χ1v) is 12.4. The fraction of sp³-hybridized carbons (Fsp3) is 0.556. The van der Waals surface area contributed by atoms with Gasteiger partial charge in [-0.2, -0.15) is 0 Å². The number of nitrogens with zero attached hydrogens (tertiary/aromatic N) is 3. The second kappa shape index (κ2) is 11.7. The minimum atomic E-state index is -0.483. The number of carbonyl (C=O) groups excluding carboxylic acids is 1. The molecule has 1 aromatic carbocycles. The lowest BCUT2D eigenvalue weighted by Crippen LogP contribution is -2.56. The van der Waals surface area contributed by atoms with E-state index < -0.39 is 5.60 Å². The Balaban J connectivity index is 1.18. The highest BCUT2D eigenvalue weighted by molar-refractivity contribution is 5.69. The summed E-state index contributed by atoms with van der Waals surface area (Å²) in [5.74, 6) is 0.584. The first-order chi connectivity index (χ1) is 16.9. The smallest absolute Gasteiger partial charge is 0.410 e. The maximum atomic E-state index is 12.6. The van der Waals surface area contributed by atoms with Crippen molar-refractivity contribution in [3.05, 3.63) is 54.2 Å². The van der Waals surface area contributed by atoms with Crippen LogP contribution in [0.25, 0.3) is 0 Å². The SMILES string of the molecule is CC(C)(C)OC(=O)N1CC2CCC(C1)N2c1ccnc(OCCOCCOCc2ccccc2)c1. The van der Waals surface area contributed by atoms with E-state index in [0.29, 0.717) is 52.0 Å². The summed E-state index contributed by atoms with van der Waals surface area (Å²) in [6.07, 6.45) is 3.67. The summed E-state index contributed by atoms with van der Waals surface area (Å²) in [4.78, 5) is 21.2. The van der Waals surface area contributed by atoms with Gasteiger partial charge in [0.2, 0.25) is 5.88 Å². The minimum absolute atomic E-state index is 0.224. The molecule has 2 fully saturated rings. The van der Waals surface area contributed by atoms with Crippen molar-refractivity contribution in [3.8, 4) is 5.88 Å². The predicted octanol–water partition coefficient (Wildman–Crippen LogP) is 4.28. The monoisotopic (exact) mass is 483 g/mol. The summed E-state index contributed by atoms with van der Waals surface area (Å²) in [5, 5.41) is 0. The van der Waals surface area contributed by atoms with Crippen LogP contribution in [0.1, 0.15) is 39.2 Å². The van der Waals surface area contributed by atoms with Gasteiger partial charge in [-0.25, -0.2) is 9.78 Å². The van der Waals surface area contributed by atoms with E-state index in [4.69, 9.17) is 18.9 Å². The fourth-order valence-electron chi connectivity index (χ4n) is 4.63. The molecule has 1 aromatic heterocycles. The van der Waals surface area contributed by atoms with E-state index in [1.165, 1.54) is 0 Å². The number of benzene rings is 1. The van der Waals surface area contributed by atoms with Gasteiger partial charge in [0.05, 0.1) is 26.4 Å². The van der Waals surface area contributed by atoms with E-state index in [9.17, 15) is 4.79 Å². The number of rotatable bonds is 10. The molecule has 0 aliphatic carbocycles. The standard InChI is InChI=1S/C27H37N3O5/c1-27(2,3)35-26(31)29-18-23-9-10-24(19-29)30(23)22-11-12-28-25(17-22)34-16-15-32-13-14-33-20-21-7-5-4-6-8-21/h4-8,11-12,17,23-24H,9-10,13-16,18-20H2,1-3H3. The molecule has 2 aliphatic rings. The number of fused-ring (bicyclic) bond motifs is 2. The van der Waals surface area contributed by atoms with Crippen LogP contribution < -0.4 is 9.64 Å². The summed E-state index contributed by atoms with van der Waals surface area (Å²) in [7, 11) is 0. The molecule has 0 N–H and O–H groups in total. The summed E-state index contributed by atoms with van der Waals surface area (Å²) >= 11 is 0. The van der Waals surface area contributed by atoms with Gasteiger partial charge in [0.25, 0.3) is 0 Å². The number of pyridine rings is 1. The molecule has 4 rings (SSSR count). The van der Waals surface area contributed by atoms with Crippen LogP contribution in [0.2, 0.25) is 0 Å². The van der Waals surface area contributed by atoms with E-state index in [1.807, 2.05) is 68.1 Å². The zero-order valence-corrected chi connectivity index (χ0v) is 21.0. The highest BCUT2D eigenvalue weighted by atomic mass is 16.6. The lowest BCUT2D eigenvalue weighted by atomic mass is 10.1. The number of piperazine rings is 1. The number of aromatic nitrogens is 1. The third kappa shape index (κ3) is 7.32. The Morgan fingerprint density at radius 1 is 0.971 bits per heavy atom. The highest BCUT2D eigenvalue weighted by Gasteiger charge is 2.42. The van der Waals surface area contributed by atoms with Crippen molar-refractivity contribution in [3.63, 3.8) is 0 Å². The van der Waals surface area contributed by atoms with Crippen LogP contribution >= 0.6 is 0 Å². The first-order valence-electron chi connectivity index (χ1n) is 12.4. The summed E-state index contributed by atoms with van der Waals surface area (Å²) < 4.78 is 22.7. The number of ether oxygens (including phenoxy) is 4. The van der Waals surface area contributed by atoms with Crippen LogP contribution in [0, 0.1) is 0 Å². The average Bonchev–Trinajstić information content (AvgIpc) is 3.09. The Bertz CT molecular complexity index is 935. The third-order valence-electron chi connectivity index (χ3n) is 6.11. The van der Waals surface area contributed by atoms with E-state index in [0.717, 1.165) is 24.1 Å². The number of likely N-dealkylation sites (tertiary alicyclic amines) is 1. The first kappa shape index (κ1) is 25.3. The molecule has 35 heavy (non-hydrogen) atoms. The number of carbonyl (C=O) groups is 1. The fourth-order valence-corrected chi connectivity index (χ4v) is 4.63. The van der Waals surface area contributed by atoms with Crippen LogP contribution in [0.4, 0.5) is 10.5 Å². The summed E-state index contributed by atoms with van der Waals surface area (Å²) in [6.45, 7) is 9.60. The molecule has 190 valence electrons. The van der Waals surface area contributed by atoms with Gasteiger partial charge in [0.1, 0.15) is 12.2 Å². The predicted molar refractivity (Wildman–Crippen MR) is 134 cm³/mol. The zero-order chi connectivity index (χ0) is 24.7. The molecule has 2 unspecified atom stereocenters. The van der Waals surface area contributed by atoms with Gasteiger partial charge in [-0.1, -0.05) is 30.3 Å². The van der Waals surface area contributed by atoms with E-state index >= 15 is 0 Å². The Morgan fingerprint density at radius 3 is 2.37 bits per heavy atom. The Morgan fingerprint density at radius 2 is 1.66 bits per heavy atom. The van der Waals surface area contributed by atoms with Gasteiger partial charge in [0.15, 0.2) is 0 Å². The summed E-state index contributed by atoms with van der Waals surface area (Å²) in [5.41, 5.74) is 1.76. The van der Waals surface area contributed by atoms with E-state index in [1.54, 1.807) is 6.20 Å². The number of hydrogen-bond acceptors (Lipinski definition) is 7. The molecule has 3 heterocycles. The maximum Gasteiger partial charge on any atom is 0.410 e. The van der Waals surface area contributed by atoms with E-state index in [2.05, 4.69) is 9.88 Å². The van der Waals surface area contributed by atoms with Crippen molar-refractivity contribution < 1.29 is 23.7 Å². The second-order valence-corrected chi connectivity index (χ2v) is 10.0. The molecule has 2 aromatic rings. The van der Waals surface area contributed by atoms with Crippen molar-refractivity contribution in [2.24, 2.45) is 0 Å². The van der Waals surface area contributed by atoms with Crippen molar-refractivity contribution >= 4 is 11.8 Å². The summed E-state index contributed by atoms with van der Waals surface area (Å²) in [6, 6.07) is 14.6. The number of anilines is 1. The number of hydrogen-bond donors (Lipinski definition) is 0. The second-order valence-electron chi connectivity index (χ2n) is 10.0. The Hall–Kier alpha value is -2.84. The van der Waals surface area contributed by atoms with Crippen LogP contribution in [-0.4, -0.2) is 73.2 Å². The lowest BCUT2D eigenvalue weighted by Gasteiger charge is -2.42. The molecule has 2 aliphatic heterocycles. The van der Waals surface area contributed by atoms with Crippen LogP contribution in [0.15, 0.2) is 48.7 Å². The topological polar surface area (TPSA) is 73.4 Å². The van der Waals surface area contributed by atoms with Gasteiger partial charge < -0.3 is 28.7 Å². The molecule has 8 nitrogen and oxygen atoms in total. The van der Waals surface area contributed by atoms with Crippen LogP contribution in [0.5, 0.6) is 5.88 Å². The molecule has 2 saturated heterocycles. The molecule has 2 atom stereocenters. The van der Waals surface area contributed by atoms with E-state index in [-0.39, 0.29) is 18.2 Å². The molecule has 2 bridgehead atoms. The van der Waals surface area contributed by atoms with Crippen molar-refractivity contribution in [2.75, 3.05) is 44.4 Å². The Labute approximate surface area is 208 Å². The molecular formula is C27H37N3O5. The molecule has 0 spiro atoms. The third-order valence-corrected chi connectivity index (χ3v) is 6.11. The molecule has 8 heteroatoms. The Kier molecular flexibility index (Phi) is 8.46.